The summed E-state index contributed by atoms with van der Waals surface area (Å²) in [5.74, 6) is 0.475. The van der Waals surface area contributed by atoms with E-state index in [9.17, 15) is 9.59 Å². The monoisotopic (exact) mass is 340 g/mol. The minimum absolute atomic E-state index is 0.129. The van der Waals surface area contributed by atoms with Gasteiger partial charge in [0.1, 0.15) is 23.7 Å². The molecular formula is C19H16O6. The first kappa shape index (κ1) is 16.6. The smallest absolute Gasteiger partial charge is 0.344 e. The molecule has 0 unspecified atom stereocenters. The predicted molar refractivity (Wildman–Crippen MR) is 93.2 cm³/mol. The molecule has 25 heavy (non-hydrogen) atoms. The Morgan fingerprint density at radius 3 is 2.64 bits per heavy atom. The molecule has 0 aliphatic heterocycles. The Bertz CT molecular complexity index is 1000. The van der Waals surface area contributed by atoms with E-state index in [-0.39, 0.29) is 13.2 Å². The summed E-state index contributed by atoms with van der Waals surface area (Å²) in [6, 6.07) is 10.3. The summed E-state index contributed by atoms with van der Waals surface area (Å²) in [6.07, 6.45) is 1.47. The van der Waals surface area contributed by atoms with Crippen molar-refractivity contribution in [3.05, 3.63) is 59.5 Å². The fraction of sp³-hybridized carbons (Fsp3) is 0.158. The second kappa shape index (κ2) is 7.09. The van der Waals surface area contributed by atoms with Crippen LogP contribution in [0.3, 0.4) is 0 Å². The van der Waals surface area contributed by atoms with Crippen molar-refractivity contribution in [2.45, 2.75) is 0 Å². The molecule has 128 valence electrons. The Kier molecular flexibility index (Phi) is 4.70. The molecule has 1 aromatic heterocycles. The van der Waals surface area contributed by atoms with Gasteiger partial charge in [-0.1, -0.05) is 12.7 Å². The van der Waals surface area contributed by atoms with E-state index < -0.39 is 11.6 Å². The number of hydrogen-bond acceptors (Lipinski definition) is 6. The molecule has 6 heteroatoms. The molecule has 0 aliphatic carbocycles. The second-order valence-corrected chi connectivity index (χ2v) is 5.22. The summed E-state index contributed by atoms with van der Waals surface area (Å²) >= 11 is 0. The average Bonchev–Trinajstić information content (AvgIpc) is 2.64. The van der Waals surface area contributed by atoms with E-state index in [1.54, 1.807) is 36.4 Å². The first-order valence-corrected chi connectivity index (χ1v) is 7.56. The summed E-state index contributed by atoms with van der Waals surface area (Å²) in [6.45, 7) is 3.35. The van der Waals surface area contributed by atoms with Gasteiger partial charge < -0.3 is 18.6 Å². The minimum Gasteiger partial charge on any atom is -0.497 e. The first-order valence-electron chi connectivity index (χ1n) is 7.56. The van der Waals surface area contributed by atoms with Gasteiger partial charge in [0.25, 0.3) is 0 Å². The maximum atomic E-state index is 12.2. The van der Waals surface area contributed by atoms with E-state index in [4.69, 9.17) is 18.6 Å². The Morgan fingerprint density at radius 1 is 1.12 bits per heavy atom. The zero-order valence-electron chi connectivity index (χ0n) is 13.6. The van der Waals surface area contributed by atoms with E-state index in [1.807, 2.05) is 0 Å². The normalized spacial score (nSPS) is 10.6. The van der Waals surface area contributed by atoms with Crippen LogP contribution in [0.15, 0.2) is 58.3 Å². The molecule has 0 bridgehead atoms. The van der Waals surface area contributed by atoms with E-state index in [2.05, 4.69) is 6.58 Å². The molecule has 0 N–H and O–H groups in total. The molecule has 0 radical (unpaired) electrons. The lowest BCUT2D eigenvalue weighted by molar-refractivity contribution is -0.144. The summed E-state index contributed by atoms with van der Waals surface area (Å²) in [5.41, 5.74) is -0.0939. The molecule has 0 spiro atoms. The summed E-state index contributed by atoms with van der Waals surface area (Å²) in [4.78, 5) is 23.7. The first-order chi connectivity index (χ1) is 12.1. The van der Waals surface area contributed by atoms with Crippen LogP contribution in [0.25, 0.3) is 21.7 Å². The third-order valence-corrected chi connectivity index (χ3v) is 3.61. The van der Waals surface area contributed by atoms with E-state index in [0.717, 1.165) is 10.8 Å². The zero-order valence-corrected chi connectivity index (χ0v) is 13.6. The zero-order chi connectivity index (χ0) is 17.8. The molecule has 0 saturated heterocycles. The lowest BCUT2D eigenvalue weighted by Gasteiger charge is -2.08. The van der Waals surface area contributed by atoms with Crippen molar-refractivity contribution in [2.75, 3.05) is 20.3 Å². The number of carbonyl (C=O) groups is 1. The Balaban J connectivity index is 1.93. The van der Waals surface area contributed by atoms with Gasteiger partial charge in [-0.05, 0) is 30.3 Å². The SMILES string of the molecule is C=CCOC(=O)COc1ccc2c(c1)oc(=O)c1cc(OC)ccc12. The number of methoxy groups -OCH3 is 1. The number of carbonyl (C=O) groups excluding carboxylic acids is 1. The number of esters is 1. The molecule has 0 atom stereocenters. The van der Waals surface area contributed by atoms with Crippen LogP contribution in [0.1, 0.15) is 0 Å². The van der Waals surface area contributed by atoms with Crippen molar-refractivity contribution in [3.63, 3.8) is 0 Å². The maximum Gasteiger partial charge on any atom is 0.344 e. The van der Waals surface area contributed by atoms with Crippen molar-refractivity contribution in [2.24, 2.45) is 0 Å². The number of ether oxygens (including phenoxy) is 3. The summed E-state index contributed by atoms with van der Waals surface area (Å²) in [5, 5.41) is 1.95. The maximum absolute atomic E-state index is 12.2. The van der Waals surface area contributed by atoms with Crippen molar-refractivity contribution >= 4 is 27.7 Å². The van der Waals surface area contributed by atoms with E-state index in [0.29, 0.717) is 22.5 Å². The average molecular weight is 340 g/mol. The fourth-order valence-electron chi connectivity index (χ4n) is 2.44. The van der Waals surface area contributed by atoms with Crippen LogP contribution in [-0.2, 0) is 9.53 Å². The van der Waals surface area contributed by atoms with Gasteiger partial charge in [0.15, 0.2) is 6.61 Å². The lowest BCUT2D eigenvalue weighted by atomic mass is 10.1. The fourth-order valence-corrected chi connectivity index (χ4v) is 2.44. The number of rotatable bonds is 6. The largest absolute Gasteiger partial charge is 0.497 e. The molecule has 0 saturated carbocycles. The van der Waals surface area contributed by atoms with E-state index >= 15 is 0 Å². The third kappa shape index (κ3) is 3.47. The quantitative estimate of drug-likeness (QED) is 0.297. The van der Waals surface area contributed by atoms with Gasteiger partial charge in [0.05, 0.1) is 12.5 Å². The Morgan fingerprint density at radius 2 is 1.88 bits per heavy atom. The number of hydrogen-bond donors (Lipinski definition) is 0. The third-order valence-electron chi connectivity index (χ3n) is 3.61. The molecular weight excluding hydrogens is 324 g/mol. The number of fused-ring (bicyclic) bond motifs is 3. The molecule has 6 nitrogen and oxygen atoms in total. The summed E-state index contributed by atoms with van der Waals surface area (Å²) < 4.78 is 20.7. The van der Waals surface area contributed by atoms with Gasteiger partial charge in [-0.15, -0.1) is 0 Å². The van der Waals surface area contributed by atoms with Crippen molar-refractivity contribution in [1.82, 2.24) is 0 Å². The van der Waals surface area contributed by atoms with Crippen molar-refractivity contribution in [3.8, 4) is 11.5 Å². The Labute approximate surface area is 143 Å². The van der Waals surface area contributed by atoms with Crippen LogP contribution in [0.5, 0.6) is 11.5 Å². The predicted octanol–water partition coefficient (Wildman–Crippen LogP) is 3.06. The summed E-state index contributed by atoms with van der Waals surface area (Å²) in [7, 11) is 1.54. The highest BCUT2D eigenvalue weighted by atomic mass is 16.6. The molecule has 0 amide bonds. The molecule has 1 heterocycles. The minimum atomic E-state index is -0.507. The van der Waals surface area contributed by atoms with Crippen molar-refractivity contribution in [1.29, 1.82) is 0 Å². The lowest BCUT2D eigenvalue weighted by Crippen LogP contribution is -2.14. The highest BCUT2D eigenvalue weighted by Gasteiger charge is 2.10. The molecule has 3 aromatic rings. The van der Waals surface area contributed by atoms with Crippen molar-refractivity contribution < 1.29 is 23.4 Å². The molecule has 0 aliphatic rings. The van der Waals surface area contributed by atoms with E-state index in [1.165, 1.54) is 13.2 Å². The number of benzene rings is 2. The molecule has 2 aromatic carbocycles. The van der Waals surface area contributed by atoms with Crippen LogP contribution in [-0.4, -0.2) is 26.3 Å². The highest BCUT2D eigenvalue weighted by molar-refractivity contribution is 6.04. The van der Waals surface area contributed by atoms with Crippen LogP contribution in [0.2, 0.25) is 0 Å². The van der Waals surface area contributed by atoms with Gasteiger partial charge in [0.2, 0.25) is 0 Å². The molecule has 0 fully saturated rings. The Hall–Kier alpha value is -3.28. The van der Waals surface area contributed by atoms with Crippen LogP contribution < -0.4 is 15.1 Å². The van der Waals surface area contributed by atoms with Gasteiger partial charge in [-0.25, -0.2) is 9.59 Å². The van der Waals surface area contributed by atoms with Gasteiger partial charge >= 0.3 is 11.6 Å². The van der Waals surface area contributed by atoms with Gasteiger partial charge in [0, 0.05) is 16.8 Å². The van der Waals surface area contributed by atoms with Gasteiger partial charge in [-0.2, -0.15) is 0 Å². The van der Waals surface area contributed by atoms with Gasteiger partial charge in [-0.3, -0.25) is 0 Å². The highest BCUT2D eigenvalue weighted by Crippen LogP contribution is 2.28. The topological polar surface area (TPSA) is 75.0 Å². The van der Waals surface area contributed by atoms with Crippen LogP contribution in [0.4, 0.5) is 0 Å². The van der Waals surface area contributed by atoms with Crippen LogP contribution in [0, 0.1) is 0 Å². The molecule has 3 rings (SSSR count). The standard InChI is InChI=1S/C19H16O6/c1-3-8-23-18(20)11-24-13-5-7-15-14-6-4-12(22-2)9-16(14)19(21)25-17(15)10-13/h3-7,9-10H,1,8,11H2,2H3. The second-order valence-electron chi connectivity index (χ2n) is 5.22. The van der Waals surface area contributed by atoms with Crippen LogP contribution >= 0.6 is 0 Å².